The van der Waals surface area contributed by atoms with Crippen LogP contribution < -0.4 is 9.47 Å². The zero-order valence-electron chi connectivity index (χ0n) is 19.0. The van der Waals surface area contributed by atoms with E-state index in [0.29, 0.717) is 28.9 Å². The zero-order chi connectivity index (χ0) is 23.5. The van der Waals surface area contributed by atoms with Crippen molar-refractivity contribution >= 4 is 22.7 Å². The Morgan fingerprint density at radius 2 is 2.09 bits per heavy atom. The fraction of sp³-hybridized carbons (Fsp3) is 0.440. The molecule has 4 unspecified atom stereocenters. The van der Waals surface area contributed by atoms with Crippen molar-refractivity contribution in [1.82, 2.24) is 0 Å². The fourth-order valence-electron chi connectivity index (χ4n) is 5.31. The van der Waals surface area contributed by atoms with E-state index < -0.39 is 23.8 Å². The smallest absolute Gasteiger partial charge is 0.343 e. The molecule has 1 fully saturated rings. The highest BCUT2D eigenvalue weighted by atomic mass is 16.7. The number of phenols is 1. The van der Waals surface area contributed by atoms with Gasteiger partial charge in [0.1, 0.15) is 28.9 Å². The van der Waals surface area contributed by atoms with Crippen LogP contribution in [-0.2, 0) is 19.0 Å². The number of aryl methyl sites for hydroxylation is 1. The summed E-state index contributed by atoms with van der Waals surface area (Å²) in [6.07, 6.45) is 4.16. The monoisotopic (exact) mass is 454 g/mol. The molecule has 0 saturated carbocycles. The summed E-state index contributed by atoms with van der Waals surface area (Å²) in [5, 5.41) is 11.9. The average Bonchev–Trinajstić information content (AvgIpc) is 3.14. The molecule has 1 N–H and O–H groups in total. The van der Waals surface area contributed by atoms with E-state index in [4.69, 9.17) is 23.7 Å². The Kier molecular flexibility index (Phi) is 5.01. The summed E-state index contributed by atoms with van der Waals surface area (Å²) in [7, 11) is 2.89. The first-order valence-electron chi connectivity index (χ1n) is 11.0. The lowest BCUT2D eigenvalue weighted by Crippen LogP contribution is -2.50. The second kappa shape index (κ2) is 7.66. The largest absolute Gasteiger partial charge is 0.507 e. The molecule has 0 radical (unpaired) electrons. The Balaban J connectivity index is 1.76. The Labute approximate surface area is 191 Å². The molecule has 33 heavy (non-hydrogen) atoms. The van der Waals surface area contributed by atoms with E-state index in [9.17, 15) is 14.7 Å². The highest BCUT2D eigenvalue weighted by molar-refractivity contribution is 6.13. The van der Waals surface area contributed by atoms with Gasteiger partial charge in [-0.1, -0.05) is 12.2 Å². The molecule has 0 aromatic heterocycles. The van der Waals surface area contributed by atoms with Gasteiger partial charge in [0.2, 0.25) is 5.79 Å². The fourth-order valence-corrected chi connectivity index (χ4v) is 5.31. The zero-order valence-corrected chi connectivity index (χ0v) is 19.0. The maximum absolute atomic E-state index is 13.1. The lowest BCUT2D eigenvalue weighted by molar-refractivity contribution is -0.222. The first kappa shape index (κ1) is 21.6. The van der Waals surface area contributed by atoms with Crippen molar-refractivity contribution < 1.29 is 38.4 Å². The number of phenolic OH excluding ortho intramolecular Hbond substituents is 1. The molecule has 3 aliphatic rings. The predicted octanol–water partition coefficient (Wildman–Crippen LogP) is 4.10. The van der Waals surface area contributed by atoms with Crippen LogP contribution in [0.25, 0.3) is 10.8 Å². The van der Waals surface area contributed by atoms with Crippen molar-refractivity contribution in [2.75, 3.05) is 14.2 Å². The highest BCUT2D eigenvalue weighted by Crippen LogP contribution is 2.58. The number of esters is 2. The minimum absolute atomic E-state index is 0.0495. The van der Waals surface area contributed by atoms with E-state index in [1.54, 1.807) is 19.3 Å². The van der Waals surface area contributed by atoms with Gasteiger partial charge in [0, 0.05) is 28.8 Å². The summed E-state index contributed by atoms with van der Waals surface area (Å²) in [6.45, 7) is 3.82. The molecule has 174 valence electrons. The molecule has 5 rings (SSSR count). The van der Waals surface area contributed by atoms with Gasteiger partial charge in [-0.2, -0.15) is 0 Å². The molecule has 2 aromatic carbocycles. The number of hydrogen-bond acceptors (Lipinski definition) is 8. The summed E-state index contributed by atoms with van der Waals surface area (Å²) < 4.78 is 29.1. The molecular formula is C25H26O8. The third-order valence-electron chi connectivity index (χ3n) is 6.76. The second-order valence-electron chi connectivity index (χ2n) is 8.77. The summed E-state index contributed by atoms with van der Waals surface area (Å²) >= 11 is 0. The standard InChI is InChI=1S/C25H26O8/c1-12-10-15(26)20-22-19(12)16(29-3)11-17-21(22)23(31-24(20)28)14(6-5-7-18(27)30-4)25(33-17)9-8-13(2)32-25/h5-6,10-11,13-14,23,26H,7-9H2,1-4H3. The van der Waals surface area contributed by atoms with E-state index in [-0.39, 0.29) is 29.8 Å². The van der Waals surface area contributed by atoms with Crippen molar-refractivity contribution in [1.29, 1.82) is 0 Å². The number of carbonyl (C=O) groups excluding carboxylic acids is 2. The first-order valence-corrected chi connectivity index (χ1v) is 11.0. The van der Waals surface area contributed by atoms with Gasteiger partial charge in [0.25, 0.3) is 0 Å². The number of benzene rings is 2. The van der Waals surface area contributed by atoms with Crippen LogP contribution in [0.2, 0.25) is 0 Å². The van der Waals surface area contributed by atoms with Crippen LogP contribution in [0.3, 0.4) is 0 Å². The van der Waals surface area contributed by atoms with Crippen LogP contribution in [0.5, 0.6) is 17.2 Å². The number of ether oxygens (including phenoxy) is 5. The van der Waals surface area contributed by atoms with Crippen LogP contribution >= 0.6 is 0 Å². The minimum Gasteiger partial charge on any atom is -0.507 e. The van der Waals surface area contributed by atoms with Gasteiger partial charge < -0.3 is 28.8 Å². The Hall–Kier alpha value is -3.26. The van der Waals surface area contributed by atoms with Crippen molar-refractivity contribution in [3.63, 3.8) is 0 Å². The molecule has 1 spiro atoms. The molecule has 8 heteroatoms. The Morgan fingerprint density at radius 3 is 2.76 bits per heavy atom. The normalized spacial score (nSPS) is 27.6. The maximum Gasteiger partial charge on any atom is 0.343 e. The SMILES string of the molecule is COC(=O)CC=CC1C2OC(=O)c3c(O)cc(C)c4c(OC)cc(c2c34)OC12CCC(C)O2. The summed E-state index contributed by atoms with van der Waals surface area (Å²) in [5.74, 6) is -1.68. The van der Waals surface area contributed by atoms with E-state index in [0.717, 1.165) is 17.4 Å². The topological polar surface area (TPSA) is 101 Å². The summed E-state index contributed by atoms with van der Waals surface area (Å²) in [6, 6.07) is 3.33. The number of rotatable bonds is 4. The van der Waals surface area contributed by atoms with Crippen LogP contribution in [0.1, 0.15) is 53.8 Å². The molecule has 0 amide bonds. The molecule has 3 heterocycles. The number of aromatic hydroxyl groups is 1. The average molecular weight is 454 g/mol. The van der Waals surface area contributed by atoms with Gasteiger partial charge in [-0.15, -0.1) is 0 Å². The first-order chi connectivity index (χ1) is 15.8. The minimum atomic E-state index is -1.06. The lowest BCUT2D eigenvalue weighted by Gasteiger charge is -2.46. The van der Waals surface area contributed by atoms with Gasteiger partial charge in [-0.3, -0.25) is 4.79 Å². The van der Waals surface area contributed by atoms with Crippen molar-refractivity contribution in [3.05, 3.63) is 41.0 Å². The van der Waals surface area contributed by atoms with Crippen LogP contribution in [-0.4, -0.2) is 43.2 Å². The second-order valence-corrected chi connectivity index (χ2v) is 8.77. The molecule has 0 aliphatic carbocycles. The van der Waals surface area contributed by atoms with Gasteiger partial charge in [0.05, 0.1) is 32.7 Å². The number of carbonyl (C=O) groups is 2. The third-order valence-corrected chi connectivity index (χ3v) is 6.76. The van der Waals surface area contributed by atoms with E-state index >= 15 is 0 Å². The predicted molar refractivity (Wildman–Crippen MR) is 117 cm³/mol. The summed E-state index contributed by atoms with van der Waals surface area (Å²) in [4.78, 5) is 24.8. The van der Waals surface area contributed by atoms with E-state index in [2.05, 4.69) is 0 Å². The highest BCUT2D eigenvalue weighted by Gasteiger charge is 2.57. The van der Waals surface area contributed by atoms with Gasteiger partial charge in [-0.25, -0.2) is 4.79 Å². The Morgan fingerprint density at radius 1 is 1.30 bits per heavy atom. The summed E-state index contributed by atoms with van der Waals surface area (Å²) in [5.41, 5.74) is 1.53. The van der Waals surface area contributed by atoms with Crippen molar-refractivity contribution in [3.8, 4) is 17.2 Å². The maximum atomic E-state index is 13.1. The van der Waals surface area contributed by atoms with Crippen LogP contribution in [0.15, 0.2) is 24.3 Å². The lowest BCUT2D eigenvalue weighted by atomic mass is 9.78. The van der Waals surface area contributed by atoms with Crippen LogP contribution in [0.4, 0.5) is 0 Å². The quantitative estimate of drug-likeness (QED) is 0.545. The molecule has 2 aromatic rings. The molecule has 1 saturated heterocycles. The number of hydrogen-bond donors (Lipinski definition) is 1. The van der Waals surface area contributed by atoms with E-state index in [1.807, 2.05) is 19.9 Å². The van der Waals surface area contributed by atoms with E-state index in [1.165, 1.54) is 13.2 Å². The molecule has 8 nitrogen and oxygen atoms in total. The van der Waals surface area contributed by atoms with Crippen molar-refractivity contribution in [2.45, 2.75) is 51.1 Å². The number of methoxy groups -OCH3 is 2. The Bertz CT molecular complexity index is 1200. The van der Waals surface area contributed by atoms with Gasteiger partial charge in [-0.05, 0) is 31.9 Å². The molecule has 4 atom stereocenters. The molecule has 0 bridgehead atoms. The van der Waals surface area contributed by atoms with Gasteiger partial charge in [0.15, 0.2) is 0 Å². The third kappa shape index (κ3) is 3.15. The molecule has 3 aliphatic heterocycles. The van der Waals surface area contributed by atoms with Gasteiger partial charge >= 0.3 is 11.9 Å². The molecular weight excluding hydrogens is 428 g/mol. The van der Waals surface area contributed by atoms with Crippen molar-refractivity contribution in [2.24, 2.45) is 5.92 Å². The van der Waals surface area contributed by atoms with Crippen LogP contribution in [0, 0.1) is 12.8 Å².